The Morgan fingerprint density at radius 1 is 1.31 bits per heavy atom. The van der Waals surface area contributed by atoms with Crippen LogP contribution in [-0.4, -0.2) is 21.8 Å². The molecule has 0 aliphatic carbocycles. The number of aromatic amines is 1. The molecule has 0 unspecified atom stereocenters. The molecule has 0 saturated heterocycles. The van der Waals surface area contributed by atoms with Crippen LogP contribution in [0.2, 0.25) is 0 Å². The van der Waals surface area contributed by atoms with E-state index in [9.17, 15) is 10.1 Å². The summed E-state index contributed by atoms with van der Waals surface area (Å²) < 4.78 is 11.8. The van der Waals surface area contributed by atoms with Crippen molar-refractivity contribution in [2.45, 2.75) is 6.54 Å². The standard InChI is InChI=1S/C19H14N4O3/c1-25-15-4-2-3-12(7-15)10-23-11-14(9-20)16-6-5-13(8-17(16)23)18-21-19(24)26-22-18/h2-8,11H,10H2,1H3,(H,21,22,24). The second-order valence-corrected chi connectivity index (χ2v) is 5.81. The fourth-order valence-corrected chi connectivity index (χ4v) is 2.98. The Labute approximate surface area is 148 Å². The van der Waals surface area contributed by atoms with E-state index >= 15 is 0 Å². The highest BCUT2D eigenvalue weighted by Gasteiger charge is 2.12. The van der Waals surface area contributed by atoms with Gasteiger partial charge < -0.3 is 9.30 Å². The molecule has 2 aromatic heterocycles. The predicted molar refractivity (Wildman–Crippen MR) is 94.9 cm³/mol. The Hall–Kier alpha value is -3.79. The van der Waals surface area contributed by atoms with Crippen molar-refractivity contribution >= 4 is 10.9 Å². The number of benzene rings is 2. The second kappa shape index (κ2) is 6.26. The summed E-state index contributed by atoms with van der Waals surface area (Å²) in [6, 6.07) is 15.5. The summed E-state index contributed by atoms with van der Waals surface area (Å²) in [4.78, 5) is 13.7. The van der Waals surface area contributed by atoms with Crippen molar-refractivity contribution in [1.29, 1.82) is 5.26 Å². The fourth-order valence-electron chi connectivity index (χ4n) is 2.98. The van der Waals surface area contributed by atoms with Gasteiger partial charge in [0.15, 0.2) is 5.82 Å². The van der Waals surface area contributed by atoms with E-state index in [2.05, 4.69) is 20.7 Å². The Balaban J connectivity index is 1.82. The molecule has 2 aromatic carbocycles. The van der Waals surface area contributed by atoms with E-state index in [0.717, 1.165) is 22.2 Å². The maximum atomic E-state index is 11.2. The number of aromatic nitrogens is 3. The summed E-state index contributed by atoms with van der Waals surface area (Å²) in [5.41, 5.74) is 3.21. The zero-order valence-electron chi connectivity index (χ0n) is 13.9. The molecule has 0 bridgehead atoms. The van der Waals surface area contributed by atoms with Gasteiger partial charge in [-0.25, -0.2) is 4.79 Å². The summed E-state index contributed by atoms with van der Waals surface area (Å²) in [6.45, 7) is 0.578. The smallest absolute Gasteiger partial charge is 0.439 e. The molecule has 0 fully saturated rings. The highest BCUT2D eigenvalue weighted by molar-refractivity contribution is 5.89. The number of H-pyrrole nitrogens is 1. The van der Waals surface area contributed by atoms with Crippen molar-refractivity contribution in [2.75, 3.05) is 7.11 Å². The lowest BCUT2D eigenvalue weighted by atomic mass is 10.1. The number of rotatable bonds is 4. The topological polar surface area (TPSA) is 96.8 Å². The van der Waals surface area contributed by atoms with Gasteiger partial charge in [0, 0.05) is 23.7 Å². The molecular formula is C19H14N4O3. The molecule has 0 atom stereocenters. The third-order valence-electron chi connectivity index (χ3n) is 4.20. The van der Waals surface area contributed by atoms with Gasteiger partial charge in [0.2, 0.25) is 0 Å². The number of methoxy groups -OCH3 is 1. The van der Waals surface area contributed by atoms with E-state index in [1.165, 1.54) is 0 Å². The lowest BCUT2D eigenvalue weighted by Crippen LogP contribution is -1.99. The van der Waals surface area contributed by atoms with Crippen LogP contribution in [0.4, 0.5) is 0 Å². The molecule has 0 radical (unpaired) electrons. The van der Waals surface area contributed by atoms with Crippen LogP contribution < -0.4 is 10.5 Å². The Morgan fingerprint density at radius 2 is 2.19 bits per heavy atom. The van der Waals surface area contributed by atoms with Crippen LogP contribution in [0, 0.1) is 11.3 Å². The van der Waals surface area contributed by atoms with Crippen LogP contribution in [0.15, 0.2) is 58.0 Å². The van der Waals surface area contributed by atoms with Gasteiger partial charge in [-0.15, -0.1) is 0 Å². The lowest BCUT2D eigenvalue weighted by Gasteiger charge is -2.08. The monoisotopic (exact) mass is 346 g/mol. The Bertz CT molecular complexity index is 1190. The number of fused-ring (bicyclic) bond motifs is 1. The van der Waals surface area contributed by atoms with E-state index in [-0.39, 0.29) is 0 Å². The average molecular weight is 346 g/mol. The second-order valence-electron chi connectivity index (χ2n) is 5.81. The molecule has 7 heteroatoms. The summed E-state index contributed by atoms with van der Waals surface area (Å²) in [6.07, 6.45) is 1.82. The molecule has 128 valence electrons. The van der Waals surface area contributed by atoms with Crippen molar-refractivity contribution in [1.82, 2.24) is 14.7 Å². The minimum absolute atomic E-state index is 0.351. The van der Waals surface area contributed by atoms with Crippen LogP contribution in [0.3, 0.4) is 0 Å². The lowest BCUT2D eigenvalue weighted by molar-refractivity contribution is 0.388. The molecule has 1 N–H and O–H groups in total. The van der Waals surface area contributed by atoms with Gasteiger partial charge in [0.1, 0.15) is 11.8 Å². The average Bonchev–Trinajstić information content (AvgIpc) is 3.25. The maximum Gasteiger partial charge on any atom is 0.439 e. The van der Waals surface area contributed by atoms with Crippen molar-refractivity contribution in [2.24, 2.45) is 0 Å². The van der Waals surface area contributed by atoms with Crippen molar-refractivity contribution in [3.8, 4) is 23.2 Å². The van der Waals surface area contributed by atoms with Crippen LogP contribution in [0.5, 0.6) is 5.75 Å². The number of ether oxygens (including phenoxy) is 1. The van der Waals surface area contributed by atoms with E-state index < -0.39 is 5.76 Å². The van der Waals surface area contributed by atoms with E-state index in [0.29, 0.717) is 23.5 Å². The molecule has 7 nitrogen and oxygen atoms in total. The van der Waals surface area contributed by atoms with Crippen molar-refractivity contribution < 1.29 is 9.26 Å². The molecular weight excluding hydrogens is 332 g/mol. The van der Waals surface area contributed by atoms with E-state index in [1.54, 1.807) is 13.2 Å². The van der Waals surface area contributed by atoms with Gasteiger partial charge in [-0.2, -0.15) is 5.26 Å². The zero-order valence-corrected chi connectivity index (χ0v) is 13.9. The first-order chi connectivity index (χ1) is 12.7. The van der Waals surface area contributed by atoms with Gasteiger partial charge in [-0.05, 0) is 23.8 Å². The molecule has 4 aromatic rings. The third-order valence-corrected chi connectivity index (χ3v) is 4.20. The van der Waals surface area contributed by atoms with E-state index in [1.807, 2.05) is 47.2 Å². The third kappa shape index (κ3) is 2.74. The fraction of sp³-hybridized carbons (Fsp3) is 0.105. The summed E-state index contributed by atoms with van der Waals surface area (Å²) in [5, 5.41) is 14.0. The Kier molecular flexibility index (Phi) is 3.78. The molecule has 2 heterocycles. The summed E-state index contributed by atoms with van der Waals surface area (Å²) in [5.74, 6) is 0.523. The summed E-state index contributed by atoms with van der Waals surface area (Å²) >= 11 is 0. The number of nitrogens with one attached hydrogen (secondary N) is 1. The predicted octanol–water partition coefficient (Wildman–Crippen LogP) is 2.91. The first-order valence-corrected chi connectivity index (χ1v) is 7.90. The largest absolute Gasteiger partial charge is 0.497 e. The number of nitriles is 1. The number of hydrogen-bond donors (Lipinski definition) is 1. The highest BCUT2D eigenvalue weighted by Crippen LogP contribution is 2.27. The number of nitrogens with zero attached hydrogens (tertiary/aromatic N) is 3. The van der Waals surface area contributed by atoms with Gasteiger partial charge in [0.05, 0.1) is 18.2 Å². The minimum Gasteiger partial charge on any atom is -0.497 e. The molecule has 0 saturated carbocycles. The van der Waals surface area contributed by atoms with Crippen LogP contribution >= 0.6 is 0 Å². The van der Waals surface area contributed by atoms with Gasteiger partial charge >= 0.3 is 5.76 Å². The van der Waals surface area contributed by atoms with Crippen LogP contribution in [0.1, 0.15) is 11.1 Å². The quantitative estimate of drug-likeness (QED) is 0.613. The van der Waals surface area contributed by atoms with Gasteiger partial charge in [-0.1, -0.05) is 29.4 Å². The first kappa shape index (κ1) is 15.7. The van der Waals surface area contributed by atoms with Crippen molar-refractivity contribution in [3.05, 3.63) is 70.3 Å². The SMILES string of the molecule is COc1cccc(Cn2cc(C#N)c3ccc(-c4noc(=O)[nH]4)cc32)c1. The van der Waals surface area contributed by atoms with Crippen molar-refractivity contribution in [3.63, 3.8) is 0 Å². The Morgan fingerprint density at radius 3 is 2.92 bits per heavy atom. The molecule has 26 heavy (non-hydrogen) atoms. The van der Waals surface area contributed by atoms with E-state index in [4.69, 9.17) is 4.74 Å². The molecule has 0 amide bonds. The van der Waals surface area contributed by atoms with Gasteiger partial charge in [-0.3, -0.25) is 9.51 Å². The minimum atomic E-state index is -0.607. The van der Waals surface area contributed by atoms with Gasteiger partial charge in [0.25, 0.3) is 0 Å². The maximum absolute atomic E-state index is 11.2. The van der Waals surface area contributed by atoms with Crippen LogP contribution in [0.25, 0.3) is 22.3 Å². The first-order valence-electron chi connectivity index (χ1n) is 7.90. The molecule has 0 spiro atoms. The zero-order chi connectivity index (χ0) is 18.1. The normalized spacial score (nSPS) is 10.8. The highest BCUT2D eigenvalue weighted by atomic mass is 16.5. The number of hydrogen-bond acceptors (Lipinski definition) is 5. The molecule has 0 aliphatic heterocycles. The molecule has 0 aliphatic rings. The summed E-state index contributed by atoms with van der Waals surface area (Å²) in [7, 11) is 1.63. The molecule has 4 rings (SSSR count). The van der Waals surface area contributed by atoms with Crippen LogP contribution in [-0.2, 0) is 6.54 Å².